The third kappa shape index (κ3) is 3.23. The van der Waals surface area contributed by atoms with Gasteiger partial charge in [0, 0.05) is 12.6 Å². The van der Waals surface area contributed by atoms with Gasteiger partial charge < -0.3 is 15.2 Å². The zero-order valence-electron chi connectivity index (χ0n) is 10.8. The number of nitrogens with one attached hydrogen (secondary N) is 2. The molecule has 0 aliphatic carbocycles. The zero-order valence-corrected chi connectivity index (χ0v) is 11.6. The molecule has 1 aliphatic rings. The Kier molecular flexibility index (Phi) is 5.62. The van der Waals surface area contributed by atoms with Crippen molar-refractivity contribution >= 4 is 18.3 Å². The van der Waals surface area contributed by atoms with Crippen LogP contribution in [0.25, 0.3) is 0 Å². The minimum Gasteiger partial charge on any atom is -0.361 e. The molecule has 2 rings (SSSR count). The van der Waals surface area contributed by atoms with Crippen LogP contribution in [0.1, 0.15) is 41.6 Å². The molecule has 0 unspecified atom stereocenters. The minimum absolute atomic E-state index is 0. The van der Waals surface area contributed by atoms with Gasteiger partial charge in [-0.3, -0.25) is 4.79 Å². The first-order valence-electron chi connectivity index (χ1n) is 6.19. The Labute approximate surface area is 113 Å². The molecule has 0 spiro atoms. The Morgan fingerprint density at radius 3 is 3.00 bits per heavy atom. The van der Waals surface area contributed by atoms with Gasteiger partial charge in [0.25, 0.3) is 5.91 Å². The predicted octanol–water partition coefficient (Wildman–Crippen LogP) is 1.45. The summed E-state index contributed by atoms with van der Waals surface area (Å²) >= 11 is 0. The summed E-state index contributed by atoms with van der Waals surface area (Å²) in [5.41, 5.74) is 1.35. The lowest BCUT2D eigenvalue weighted by molar-refractivity contribution is 0.0928. The molecule has 1 aliphatic heterocycles. The maximum atomic E-state index is 12.1. The number of hydrogen-bond acceptors (Lipinski definition) is 4. The maximum absolute atomic E-state index is 12.1. The molecule has 0 saturated carbocycles. The van der Waals surface area contributed by atoms with E-state index in [2.05, 4.69) is 15.8 Å². The van der Waals surface area contributed by atoms with Gasteiger partial charge in [0.15, 0.2) is 0 Å². The summed E-state index contributed by atoms with van der Waals surface area (Å²) < 4.78 is 5.07. The topological polar surface area (TPSA) is 67.2 Å². The van der Waals surface area contributed by atoms with E-state index in [4.69, 9.17) is 4.52 Å². The number of amides is 1. The van der Waals surface area contributed by atoms with Crippen molar-refractivity contribution in [2.75, 3.05) is 13.1 Å². The van der Waals surface area contributed by atoms with Crippen LogP contribution in [0, 0.1) is 6.92 Å². The summed E-state index contributed by atoms with van der Waals surface area (Å²) in [7, 11) is 0. The van der Waals surface area contributed by atoms with E-state index < -0.39 is 0 Å². The van der Waals surface area contributed by atoms with Gasteiger partial charge in [-0.2, -0.15) is 0 Å². The first kappa shape index (κ1) is 15.0. The fourth-order valence-electron chi connectivity index (χ4n) is 2.18. The predicted molar refractivity (Wildman–Crippen MR) is 71.2 cm³/mol. The molecule has 1 atom stereocenters. The monoisotopic (exact) mass is 273 g/mol. The van der Waals surface area contributed by atoms with Gasteiger partial charge in [0.05, 0.1) is 5.69 Å². The van der Waals surface area contributed by atoms with Crippen molar-refractivity contribution in [3.63, 3.8) is 0 Å². The summed E-state index contributed by atoms with van der Waals surface area (Å²) in [4.78, 5) is 12.1. The second-order valence-corrected chi connectivity index (χ2v) is 4.43. The fraction of sp³-hybridized carbons (Fsp3) is 0.667. The van der Waals surface area contributed by atoms with Crippen molar-refractivity contribution in [3.05, 3.63) is 17.0 Å². The van der Waals surface area contributed by atoms with E-state index in [0.29, 0.717) is 17.7 Å². The number of nitrogens with zero attached hydrogens (tertiary/aromatic N) is 1. The van der Waals surface area contributed by atoms with Crippen LogP contribution < -0.4 is 10.6 Å². The number of aryl methyl sites for hydroxylation is 2. The standard InChI is InChI=1S/C12H19N3O2.ClH/c1-3-10-11(8(2)17-15-10)12(16)14-9-5-4-6-13-7-9;/h9,13H,3-7H2,1-2H3,(H,14,16);1H/t9-;/m0./s1. The molecular formula is C12H20ClN3O2. The van der Waals surface area contributed by atoms with Crippen LogP contribution >= 0.6 is 12.4 Å². The van der Waals surface area contributed by atoms with Gasteiger partial charge in [-0.15, -0.1) is 12.4 Å². The van der Waals surface area contributed by atoms with E-state index in [1.165, 1.54) is 0 Å². The number of halogens is 1. The van der Waals surface area contributed by atoms with Crippen molar-refractivity contribution in [1.29, 1.82) is 0 Å². The van der Waals surface area contributed by atoms with Gasteiger partial charge >= 0.3 is 0 Å². The molecule has 5 nitrogen and oxygen atoms in total. The maximum Gasteiger partial charge on any atom is 0.257 e. The largest absolute Gasteiger partial charge is 0.361 e. The fourth-order valence-corrected chi connectivity index (χ4v) is 2.18. The molecule has 2 N–H and O–H groups in total. The molecule has 1 amide bonds. The van der Waals surface area contributed by atoms with Gasteiger partial charge in [-0.1, -0.05) is 12.1 Å². The normalized spacial score (nSPS) is 19.1. The molecule has 1 aromatic rings. The highest BCUT2D eigenvalue weighted by Gasteiger charge is 2.22. The van der Waals surface area contributed by atoms with Crippen molar-refractivity contribution < 1.29 is 9.32 Å². The van der Waals surface area contributed by atoms with Gasteiger partial charge in [0.1, 0.15) is 11.3 Å². The van der Waals surface area contributed by atoms with Gasteiger partial charge in [-0.25, -0.2) is 0 Å². The second-order valence-electron chi connectivity index (χ2n) is 4.43. The van der Waals surface area contributed by atoms with Crippen molar-refractivity contribution in [3.8, 4) is 0 Å². The molecule has 2 heterocycles. The van der Waals surface area contributed by atoms with Crippen molar-refractivity contribution in [1.82, 2.24) is 15.8 Å². The summed E-state index contributed by atoms with van der Waals surface area (Å²) in [5, 5.41) is 10.2. The summed E-state index contributed by atoms with van der Waals surface area (Å²) in [6, 6.07) is 0.218. The minimum atomic E-state index is -0.0608. The lowest BCUT2D eigenvalue weighted by Crippen LogP contribution is -2.45. The highest BCUT2D eigenvalue weighted by Crippen LogP contribution is 2.14. The number of hydrogen-bond donors (Lipinski definition) is 2. The average Bonchev–Trinajstić information content (AvgIpc) is 2.71. The number of carbonyl (C=O) groups excluding carboxylic acids is 1. The van der Waals surface area contributed by atoms with Crippen LogP contribution in [0.4, 0.5) is 0 Å². The molecule has 1 fully saturated rings. The van der Waals surface area contributed by atoms with Crippen molar-refractivity contribution in [2.24, 2.45) is 0 Å². The lowest BCUT2D eigenvalue weighted by Gasteiger charge is -2.23. The first-order valence-corrected chi connectivity index (χ1v) is 6.19. The molecule has 6 heteroatoms. The van der Waals surface area contributed by atoms with E-state index >= 15 is 0 Å². The highest BCUT2D eigenvalue weighted by atomic mass is 35.5. The Hall–Kier alpha value is -1.07. The molecule has 0 aromatic carbocycles. The molecule has 1 aromatic heterocycles. The molecule has 18 heavy (non-hydrogen) atoms. The molecular weight excluding hydrogens is 254 g/mol. The molecule has 0 bridgehead atoms. The Bertz CT molecular complexity index is 400. The summed E-state index contributed by atoms with van der Waals surface area (Å²) in [6.45, 7) is 5.63. The smallest absolute Gasteiger partial charge is 0.257 e. The number of carbonyl (C=O) groups is 1. The van der Waals surface area contributed by atoms with Crippen LogP contribution in [0.2, 0.25) is 0 Å². The summed E-state index contributed by atoms with van der Waals surface area (Å²) in [5.74, 6) is 0.539. The van der Waals surface area contributed by atoms with Crippen LogP contribution in [-0.2, 0) is 6.42 Å². The SMILES string of the molecule is CCc1noc(C)c1C(=O)N[C@H]1CCCNC1.Cl. The molecule has 1 saturated heterocycles. The van der Waals surface area contributed by atoms with Crippen LogP contribution in [0.3, 0.4) is 0 Å². The average molecular weight is 274 g/mol. The van der Waals surface area contributed by atoms with Crippen molar-refractivity contribution in [2.45, 2.75) is 39.2 Å². The van der Waals surface area contributed by atoms with Gasteiger partial charge in [-0.05, 0) is 32.7 Å². The number of piperidine rings is 1. The highest BCUT2D eigenvalue weighted by molar-refractivity contribution is 5.96. The summed E-state index contributed by atoms with van der Waals surface area (Å²) in [6.07, 6.45) is 2.85. The molecule has 102 valence electrons. The first-order chi connectivity index (χ1) is 8.22. The molecule has 0 radical (unpaired) electrons. The van der Waals surface area contributed by atoms with Crippen LogP contribution in [0.5, 0.6) is 0 Å². The quantitative estimate of drug-likeness (QED) is 0.875. The van der Waals surface area contributed by atoms with E-state index in [1.54, 1.807) is 6.92 Å². The van der Waals surface area contributed by atoms with E-state index in [0.717, 1.165) is 31.6 Å². The van der Waals surface area contributed by atoms with E-state index in [9.17, 15) is 4.79 Å². The Balaban J connectivity index is 0.00000162. The zero-order chi connectivity index (χ0) is 12.3. The lowest BCUT2D eigenvalue weighted by atomic mass is 10.1. The Morgan fingerprint density at radius 2 is 2.39 bits per heavy atom. The van der Waals surface area contributed by atoms with Gasteiger partial charge in [0.2, 0.25) is 0 Å². The third-order valence-corrected chi connectivity index (χ3v) is 3.13. The Morgan fingerprint density at radius 1 is 1.61 bits per heavy atom. The van der Waals surface area contributed by atoms with E-state index in [-0.39, 0.29) is 24.4 Å². The van der Waals surface area contributed by atoms with Crippen LogP contribution in [0.15, 0.2) is 4.52 Å². The van der Waals surface area contributed by atoms with Crippen LogP contribution in [-0.4, -0.2) is 30.2 Å². The number of aromatic nitrogens is 1. The van der Waals surface area contributed by atoms with E-state index in [1.807, 2.05) is 6.92 Å². The number of rotatable bonds is 3. The second kappa shape index (κ2) is 6.75. The third-order valence-electron chi connectivity index (χ3n) is 3.13.